The summed E-state index contributed by atoms with van der Waals surface area (Å²) in [5.41, 5.74) is 1.71. The Morgan fingerprint density at radius 2 is 1.74 bits per heavy atom. The Labute approximate surface area is 133 Å². The van der Waals surface area contributed by atoms with Crippen LogP contribution in [-0.2, 0) is 16.0 Å². The average Bonchev–Trinajstić information content (AvgIpc) is 2.82. The summed E-state index contributed by atoms with van der Waals surface area (Å²) in [6.07, 6.45) is 0.770. The van der Waals surface area contributed by atoms with Crippen LogP contribution in [0.15, 0.2) is 54.6 Å². The first-order valence-electron chi connectivity index (χ1n) is 7.54. The summed E-state index contributed by atoms with van der Waals surface area (Å²) < 4.78 is 12.9. The predicted octanol–water partition coefficient (Wildman–Crippen LogP) is 2.61. The molecule has 1 heterocycles. The molecule has 23 heavy (non-hydrogen) atoms. The molecule has 2 aromatic rings. The van der Waals surface area contributed by atoms with E-state index in [1.165, 1.54) is 17.0 Å². The van der Waals surface area contributed by atoms with Crippen LogP contribution >= 0.6 is 0 Å². The molecule has 0 spiro atoms. The molecule has 1 saturated heterocycles. The van der Waals surface area contributed by atoms with E-state index in [0.717, 1.165) is 5.56 Å². The van der Waals surface area contributed by atoms with Gasteiger partial charge in [-0.2, -0.15) is 0 Å². The summed E-state index contributed by atoms with van der Waals surface area (Å²) in [6, 6.07) is 14.9. The van der Waals surface area contributed by atoms with Gasteiger partial charge in [-0.15, -0.1) is 0 Å². The normalized spacial score (nSPS) is 17.6. The number of imide groups is 1. The highest BCUT2D eigenvalue weighted by Crippen LogP contribution is 2.19. The van der Waals surface area contributed by atoms with Crippen molar-refractivity contribution in [3.8, 4) is 0 Å². The minimum Gasteiger partial charge on any atom is -0.373 e. The van der Waals surface area contributed by atoms with E-state index in [2.05, 4.69) is 5.32 Å². The van der Waals surface area contributed by atoms with E-state index in [-0.39, 0.29) is 24.1 Å². The van der Waals surface area contributed by atoms with Crippen LogP contribution in [0.1, 0.15) is 12.0 Å². The molecule has 4 nitrogen and oxygen atoms in total. The third-order valence-electron chi connectivity index (χ3n) is 3.90. The number of likely N-dealkylation sites (tertiary alicyclic amines) is 1. The van der Waals surface area contributed by atoms with E-state index >= 15 is 0 Å². The Hall–Kier alpha value is -2.69. The van der Waals surface area contributed by atoms with Crippen molar-refractivity contribution in [1.82, 2.24) is 4.90 Å². The Kier molecular flexibility index (Phi) is 4.37. The minimum atomic E-state index is -0.580. The molecule has 118 valence electrons. The van der Waals surface area contributed by atoms with E-state index in [0.29, 0.717) is 18.7 Å². The van der Waals surface area contributed by atoms with Crippen LogP contribution in [0, 0.1) is 5.82 Å². The molecule has 0 radical (unpaired) electrons. The lowest BCUT2D eigenvalue weighted by Crippen LogP contribution is -2.36. The second-order valence-electron chi connectivity index (χ2n) is 5.53. The smallest absolute Gasteiger partial charge is 0.252 e. The number of nitrogens with one attached hydrogen (secondary N) is 1. The topological polar surface area (TPSA) is 49.4 Å². The minimum absolute atomic E-state index is 0.130. The van der Waals surface area contributed by atoms with Crippen LogP contribution in [0.4, 0.5) is 10.1 Å². The second kappa shape index (κ2) is 6.60. The number of amides is 2. The standard InChI is InChI=1S/C18H17FN2O2/c19-14-6-8-15(9-7-14)20-16-12-17(22)21(18(16)23)11-10-13-4-2-1-3-5-13/h1-9,16,20H,10-12H2. The molecule has 0 aromatic heterocycles. The first-order chi connectivity index (χ1) is 11.1. The molecule has 0 saturated carbocycles. The number of anilines is 1. The van der Waals surface area contributed by atoms with Crippen molar-refractivity contribution in [2.24, 2.45) is 0 Å². The number of carbonyl (C=O) groups excluding carboxylic acids is 2. The van der Waals surface area contributed by atoms with Gasteiger partial charge in [-0.1, -0.05) is 30.3 Å². The molecule has 0 aliphatic carbocycles. The molecule has 1 aliphatic heterocycles. The van der Waals surface area contributed by atoms with Gasteiger partial charge in [0.1, 0.15) is 11.9 Å². The summed E-state index contributed by atoms with van der Waals surface area (Å²) in [5, 5.41) is 3.00. The van der Waals surface area contributed by atoms with Gasteiger partial charge in [0.05, 0.1) is 6.42 Å². The molecule has 3 rings (SSSR count). The van der Waals surface area contributed by atoms with Crippen LogP contribution in [0.3, 0.4) is 0 Å². The van der Waals surface area contributed by atoms with Gasteiger partial charge in [-0.05, 0) is 36.2 Å². The van der Waals surface area contributed by atoms with Crippen molar-refractivity contribution in [2.45, 2.75) is 18.9 Å². The van der Waals surface area contributed by atoms with Gasteiger partial charge in [0.25, 0.3) is 5.91 Å². The fourth-order valence-electron chi connectivity index (χ4n) is 2.66. The van der Waals surface area contributed by atoms with E-state index in [1.54, 1.807) is 12.1 Å². The molecule has 2 aromatic carbocycles. The second-order valence-corrected chi connectivity index (χ2v) is 5.53. The maximum atomic E-state index is 12.9. The monoisotopic (exact) mass is 312 g/mol. The number of benzene rings is 2. The first-order valence-corrected chi connectivity index (χ1v) is 7.54. The Morgan fingerprint density at radius 3 is 2.43 bits per heavy atom. The maximum Gasteiger partial charge on any atom is 0.252 e. The Bertz CT molecular complexity index is 701. The quantitative estimate of drug-likeness (QED) is 0.864. The molecule has 1 atom stereocenters. The van der Waals surface area contributed by atoms with Crippen LogP contribution in [0.25, 0.3) is 0 Å². The zero-order valence-corrected chi connectivity index (χ0v) is 12.5. The zero-order valence-electron chi connectivity index (χ0n) is 12.5. The van der Waals surface area contributed by atoms with E-state index in [9.17, 15) is 14.0 Å². The van der Waals surface area contributed by atoms with Gasteiger partial charge < -0.3 is 5.32 Å². The molecule has 2 amide bonds. The summed E-state index contributed by atoms with van der Waals surface area (Å²) in [5.74, 6) is -0.741. The molecular formula is C18H17FN2O2. The number of hydrogen-bond donors (Lipinski definition) is 1. The van der Waals surface area contributed by atoms with Gasteiger partial charge in [-0.25, -0.2) is 4.39 Å². The summed E-state index contributed by atoms with van der Waals surface area (Å²) in [4.78, 5) is 25.7. The zero-order chi connectivity index (χ0) is 16.2. The average molecular weight is 312 g/mol. The van der Waals surface area contributed by atoms with Crippen LogP contribution in [0.5, 0.6) is 0 Å². The van der Waals surface area contributed by atoms with Gasteiger partial charge in [-0.3, -0.25) is 14.5 Å². The summed E-state index contributed by atoms with van der Waals surface area (Å²) in [6.45, 7) is 0.378. The number of halogens is 1. The highest BCUT2D eigenvalue weighted by molar-refractivity contribution is 6.06. The number of carbonyl (C=O) groups is 2. The molecule has 0 bridgehead atoms. The van der Waals surface area contributed by atoms with Crippen molar-refractivity contribution < 1.29 is 14.0 Å². The number of hydrogen-bond acceptors (Lipinski definition) is 3. The molecule has 5 heteroatoms. The Morgan fingerprint density at radius 1 is 1.04 bits per heavy atom. The fourth-order valence-corrected chi connectivity index (χ4v) is 2.66. The van der Waals surface area contributed by atoms with E-state index < -0.39 is 6.04 Å². The highest BCUT2D eigenvalue weighted by Gasteiger charge is 2.38. The molecule has 1 N–H and O–H groups in total. The summed E-state index contributed by atoms with van der Waals surface area (Å²) >= 11 is 0. The third kappa shape index (κ3) is 3.56. The third-order valence-corrected chi connectivity index (χ3v) is 3.90. The maximum absolute atomic E-state index is 12.9. The largest absolute Gasteiger partial charge is 0.373 e. The van der Waals surface area contributed by atoms with Gasteiger partial charge in [0, 0.05) is 12.2 Å². The first kappa shape index (κ1) is 15.2. The molecule has 1 fully saturated rings. The van der Waals surface area contributed by atoms with Gasteiger partial charge in [0.2, 0.25) is 5.91 Å². The van der Waals surface area contributed by atoms with Crippen LogP contribution in [0.2, 0.25) is 0 Å². The van der Waals surface area contributed by atoms with Crippen molar-refractivity contribution in [1.29, 1.82) is 0 Å². The van der Waals surface area contributed by atoms with E-state index in [4.69, 9.17) is 0 Å². The molecule has 1 aliphatic rings. The summed E-state index contributed by atoms with van der Waals surface area (Å²) in [7, 11) is 0. The highest BCUT2D eigenvalue weighted by atomic mass is 19.1. The lowest BCUT2D eigenvalue weighted by molar-refractivity contribution is -0.138. The lowest BCUT2D eigenvalue weighted by Gasteiger charge is -2.16. The van der Waals surface area contributed by atoms with Gasteiger partial charge in [0.15, 0.2) is 0 Å². The van der Waals surface area contributed by atoms with Gasteiger partial charge >= 0.3 is 0 Å². The lowest BCUT2D eigenvalue weighted by atomic mass is 10.1. The van der Waals surface area contributed by atoms with Crippen molar-refractivity contribution in [3.63, 3.8) is 0 Å². The SMILES string of the molecule is O=C1CC(Nc2ccc(F)cc2)C(=O)N1CCc1ccccc1. The van der Waals surface area contributed by atoms with Crippen molar-refractivity contribution in [3.05, 3.63) is 66.0 Å². The van der Waals surface area contributed by atoms with E-state index in [1.807, 2.05) is 30.3 Å². The fraction of sp³-hybridized carbons (Fsp3) is 0.222. The molecular weight excluding hydrogens is 295 g/mol. The number of rotatable bonds is 5. The van der Waals surface area contributed by atoms with Crippen molar-refractivity contribution >= 4 is 17.5 Å². The number of nitrogens with zero attached hydrogens (tertiary/aromatic N) is 1. The van der Waals surface area contributed by atoms with Crippen LogP contribution in [-0.4, -0.2) is 29.3 Å². The van der Waals surface area contributed by atoms with Crippen molar-refractivity contribution in [2.75, 3.05) is 11.9 Å². The van der Waals surface area contributed by atoms with Crippen LogP contribution < -0.4 is 5.32 Å². The molecule has 1 unspecified atom stereocenters. The Balaban J connectivity index is 1.61. The predicted molar refractivity (Wildman–Crippen MR) is 85.3 cm³/mol.